The first-order valence-corrected chi connectivity index (χ1v) is 7.94. The average Bonchev–Trinajstić information content (AvgIpc) is 2.98. The third-order valence-corrected chi connectivity index (χ3v) is 4.01. The van der Waals surface area contributed by atoms with E-state index in [-0.39, 0.29) is 11.7 Å². The van der Waals surface area contributed by atoms with Crippen molar-refractivity contribution in [2.24, 2.45) is 0 Å². The first kappa shape index (κ1) is 16.0. The van der Waals surface area contributed by atoms with Crippen molar-refractivity contribution in [2.45, 2.75) is 45.1 Å². The highest BCUT2D eigenvalue weighted by molar-refractivity contribution is 5.78. The maximum Gasteiger partial charge on any atom is 0.227 e. The third kappa shape index (κ3) is 5.12. The van der Waals surface area contributed by atoms with Crippen LogP contribution >= 0.6 is 0 Å². The quantitative estimate of drug-likeness (QED) is 0.838. The number of unbranched alkanes of at least 4 members (excludes halogenated alkanes) is 1. The fraction of sp³-hybridized carbons (Fsp3) is 0.588. The Morgan fingerprint density at radius 2 is 2.14 bits per heavy atom. The number of carbonyl (C=O) groups excluding carboxylic acids is 1. The molecule has 1 atom stereocenters. The van der Waals surface area contributed by atoms with Crippen LogP contribution in [0.5, 0.6) is 0 Å². The molecule has 0 bridgehead atoms. The van der Waals surface area contributed by atoms with Crippen LogP contribution in [0.2, 0.25) is 0 Å². The predicted molar refractivity (Wildman–Crippen MR) is 82.6 cm³/mol. The Morgan fingerprint density at radius 3 is 2.76 bits per heavy atom. The zero-order chi connectivity index (χ0) is 15.1. The molecule has 0 saturated carbocycles. The number of carbonyl (C=O) groups is 1. The van der Waals surface area contributed by atoms with Gasteiger partial charge in [-0.25, -0.2) is 4.39 Å². The Hall–Kier alpha value is -1.42. The molecule has 2 rings (SSSR count). The Labute approximate surface area is 126 Å². The van der Waals surface area contributed by atoms with Crippen molar-refractivity contribution in [2.75, 3.05) is 19.6 Å². The highest BCUT2D eigenvalue weighted by Crippen LogP contribution is 2.11. The lowest BCUT2D eigenvalue weighted by atomic mass is 10.1. The van der Waals surface area contributed by atoms with E-state index < -0.39 is 0 Å². The normalized spacial score (nSPS) is 17.9. The number of nitrogens with zero attached hydrogens (tertiary/aromatic N) is 1. The van der Waals surface area contributed by atoms with Gasteiger partial charge in [-0.05, 0) is 43.5 Å². The molecule has 116 valence electrons. The van der Waals surface area contributed by atoms with E-state index >= 15 is 0 Å². The summed E-state index contributed by atoms with van der Waals surface area (Å²) in [5.41, 5.74) is 0.877. The average molecular weight is 292 g/mol. The van der Waals surface area contributed by atoms with Crippen molar-refractivity contribution in [1.29, 1.82) is 0 Å². The van der Waals surface area contributed by atoms with Crippen LogP contribution in [0.1, 0.15) is 38.2 Å². The minimum absolute atomic E-state index is 0.142. The molecule has 1 amide bonds. The standard InChI is InChI=1S/C17H25FN2O/c1-2-3-11-20(13-16-5-4-10-19-16)17(21)12-14-6-8-15(18)9-7-14/h6-9,16,19H,2-5,10-13H2,1H3. The lowest BCUT2D eigenvalue weighted by Gasteiger charge is -2.26. The van der Waals surface area contributed by atoms with E-state index in [0.717, 1.165) is 44.5 Å². The van der Waals surface area contributed by atoms with Crippen LogP contribution < -0.4 is 5.32 Å². The van der Waals surface area contributed by atoms with Gasteiger partial charge in [0, 0.05) is 19.1 Å². The van der Waals surface area contributed by atoms with Crippen molar-refractivity contribution >= 4 is 5.91 Å². The number of benzene rings is 1. The molecule has 4 heteroatoms. The molecule has 1 saturated heterocycles. The fourth-order valence-corrected chi connectivity index (χ4v) is 2.73. The largest absolute Gasteiger partial charge is 0.341 e. The van der Waals surface area contributed by atoms with Crippen molar-refractivity contribution in [3.63, 3.8) is 0 Å². The molecule has 1 N–H and O–H groups in total. The molecule has 3 nitrogen and oxygen atoms in total. The topological polar surface area (TPSA) is 32.3 Å². The summed E-state index contributed by atoms with van der Waals surface area (Å²) in [6.45, 7) is 4.80. The molecule has 0 spiro atoms. The Balaban J connectivity index is 1.93. The van der Waals surface area contributed by atoms with Crippen LogP contribution in [-0.4, -0.2) is 36.5 Å². The van der Waals surface area contributed by atoms with Gasteiger partial charge < -0.3 is 10.2 Å². The lowest BCUT2D eigenvalue weighted by molar-refractivity contribution is -0.130. The maximum absolute atomic E-state index is 12.9. The summed E-state index contributed by atoms with van der Waals surface area (Å²) in [7, 11) is 0. The van der Waals surface area contributed by atoms with Gasteiger partial charge in [0.25, 0.3) is 0 Å². The summed E-state index contributed by atoms with van der Waals surface area (Å²) in [5.74, 6) is -0.118. The second-order valence-corrected chi connectivity index (χ2v) is 5.79. The number of amides is 1. The van der Waals surface area contributed by atoms with Gasteiger partial charge >= 0.3 is 0 Å². The smallest absolute Gasteiger partial charge is 0.227 e. The number of rotatable bonds is 7. The molecule has 1 fully saturated rings. The van der Waals surface area contributed by atoms with Crippen LogP contribution in [0.15, 0.2) is 24.3 Å². The van der Waals surface area contributed by atoms with Crippen molar-refractivity contribution in [3.8, 4) is 0 Å². The third-order valence-electron chi connectivity index (χ3n) is 4.01. The second kappa shape index (κ2) is 8.13. The maximum atomic E-state index is 12.9. The van der Waals surface area contributed by atoms with Gasteiger partial charge in [-0.1, -0.05) is 25.5 Å². The molecule has 0 radical (unpaired) electrons. The Bertz CT molecular complexity index is 441. The molecule has 1 unspecified atom stereocenters. The number of hydrogen-bond acceptors (Lipinski definition) is 2. The minimum Gasteiger partial charge on any atom is -0.341 e. The molecular weight excluding hydrogens is 267 g/mol. The first-order valence-electron chi connectivity index (χ1n) is 7.94. The monoisotopic (exact) mass is 292 g/mol. The second-order valence-electron chi connectivity index (χ2n) is 5.79. The van der Waals surface area contributed by atoms with E-state index in [1.54, 1.807) is 12.1 Å². The highest BCUT2D eigenvalue weighted by atomic mass is 19.1. The van der Waals surface area contributed by atoms with E-state index in [1.807, 2.05) is 4.90 Å². The molecule has 1 aromatic carbocycles. The fourth-order valence-electron chi connectivity index (χ4n) is 2.73. The van der Waals surface area contributed by atoms with Crippen molar-refractivity contribution < 1.29 is 9.18 Å². The van der Waals surface area contributed by atoms with Gasteiger partial charge in [-0.15, -0.1) is 0 Å². The summed E-state index contributed by atoms with van der Waals surface area (Å²) in [6.07, 6.45) is 4.81. The van der Waals surface area contributed by atoms with E-state index in [9.17, 15) is 9.18 Å². The van der Waals surface area contributed by atoms with Crippen LogP contribution in [-0.2, 0) is 11.2 Å². The summed E-state index contributed by atoms with van der Waals surface area (Å²) in [5, 5.41) is 3.45. The van der Waals surface area contributed by atoms with E-state index in [4.69, 9.17) is 0 Å². The summed E-state index contributed by atoms with van der Waals surface area (Å²) in [4.78, 5) is 14.5. The van der Waals surface area contributed by atoms with Gasteiger partial charge in [0.05, 0.1) is 6.42 Å². The van der Waals surface area contributed by atoms with E-state index in [2.05, 4.69) is 12.2 Å². The number of halogens is 1. The number of nitrogens with one attached hydrogen (secondary N) is 1. The van der Waals surface area contributed by atoms with Crippen LogP contribution in [0.3, 0.4) is 0 Å². The molecule has 21 heavy (non-hydrogen) atoms. The summed E-state index contributed by atoms with van der Waals surface area (Å²) >= 11 is 0. The highest BCUT2D eigenvalue weighted by Gasteiger charge is 2.21. The lowest BCUT2D eigenvalue weighted by Crippen LogP contribution is -2.42. The summed E-state index contributed by atoms with van der Waals surface area (Å²) < 4.78 is 12.9. The SMILES string of the molecule is CCCCN(CC1CCCN1)C(=O)Cc1ccc(F)cc1. The molecule has 0 aromatic heterocycles. The molecular formula is C17H25FN2O. The van der Waals surface area contributed by atoms with Crippen molar-refractivity contribution in [1.82, 2.24) is 10.2 Å². The first-order chi connectivity index (χ1) is 10.2. The predicted octanol–water partition coefficient (Wildman–Crippen LogP) is 2.75. The zero-order valence-electron chi connectivity index (χ0n) is 12.8. The van der Waals surface area contributed by atoms with Gasteiger partial charge in [0.2, 0.25) is 5.91 Å². The number of hydrogen-bond donors (Lipinski definition) is 1. The molecule has 1 aromatic rings. The Morgan fingerprint density at radius 1 is 1.38 bits per heavy atom. The zero-order valence-corrected chi connectivity index (χ0v) is 12.8. The van der Waals surface area contributed by atoms with E-state index in [0.29, 0.717) is 12.5 Å². The minimum atomic E-state index is -0.260. The van der Waals surface area contributed by atoms with Gasteiger partial charge in [0.1, 0.15) is 5.82 Å². The van der Waals surface area contributed by atoms with Gasteiger partial charge in [-0.2, -0.15) is 0 Å². The van der Waals surface area contributed by atoms with Crippen LogP contribution in [0.25, 0.3) is 0 Å². The van der Waals surface area contributed by atoms with Gasteiger partial charge in [-0.3, -0.25) is 4.79 Å². The summed E-state index contributed by atoms with van der Waals surface area (Å²) in [6, 6.07) is 6.65. The molecule has 1 aliphatic rings. The van der Waals surface area contributed by atoms with Gasteiger partial charge in [0.15, 0.2) is 0 Å². The molecule has 1 heterocycles. The van der Waals surface area contributed by atoms with Crippen LogP contribution in [0, 0.1) is 5.82 Å². The van der Waals surface area contributed by atoms with E-state index in [1.165, 1.54) is 18.6 Å². The van der Waals surface area contributed by atoms with Crippen molar-refractivity contribution in [3.05, 3.63) is 35.6 Å². The van der Waals surface area contributed by atoms with Crippen LogP contribution in [0.4, 0.5) is 4.39 Å². The Kier molecular flexibility index (Phi) is 6.18. The molecule has 0 aliphatic carbocycles. The molecule has 1 aliphatic heterocycles.